The second-order valence-corrected chi connectivity index (χ2v) is 8.45. The summed E-state index contributed by atoms with van der Waals surface area (Å²) in [4.78, 5) is 15.4. The van der Waals surface area contributed by atoms with Crippen molar-refractivity contribution in [2.24, 2.45) is 4.99 Å². The van der Waals surface area contributed by atoms with Gasteiger partial charge in [0.15, 0.2) is 5.76 Å². The van der Waals surface area contributed by atoms with E-state index in [-0.39, 0.29) is 5.91 Å². The summed E-state index contributed by atoms with van der Waals surface area (Å²) in [7, 11) is 0. The van der Waals surface area contributed by atoms with E-state index in [0.29, 0.717) is 6.54 Å². The highest BCUT2D eigenvalue weighted by atomic mass is 35.5. The van der Waals surface area contributed by atoms with Crippen molar-refractivity contribution in [3.8, 4) is 11.1 Å². The lowest BCUT2D eigenvalue weighted by molar-refractivity contribution is -0.114. The van der Waals surface area contributed by atoms with E-state index in [0.717, 1.165) is 56.6 Å². The molecule has 0 spiro atoms. The molecule has 0 radical (unpaired) electrons. The maximum Gasteiger partial charge on any atom is 0.221 e. The number of carbonyl (C=O) groups excluding carboxylic acids is 1. The Balaban J connectivity index is 0.000000195. The van der Waals surface area contributed by atoms with Gasteiger partial charge in [-0.3, -0.25) is 9.79 Å². The van der Waals surface area contributed by atoms with E-state index in [2.05, 4.69) is 29.5 Å². The number of hydrogen-bond acceptors (Lipinski definition) is 4. The number of amides is 1. The van der Waals surface area contributed by atoms with Gasteiger partial charge in [0.2, 0.25) is 5.91 Å². The first-order valence-electron chi connectivity index (χ1n) is 11.2. The van der Waals surface area contributed by atoms with E-state index in [4.69, 9.17) is 21.1 Å². The van der Waals surface area contributed by atoms with E-state index in [9.17, 15) is 4.79 Å². The molecular weight excluding hydrogens is 446 g/mol. The Labute approximate surface area is 204 Å². The van der Waals surface area contributed by atoms with Gasteiger partial charge in [-0.1, -0.05) is 72.2 Å². The van der Waals surface area contributed by atoms with Crippen LogP contribution in [0.5, 0.6) is 0 Å². The average molecular weight is 472 g/mol. The van der Waals surface area contributed by atoms with Crippen molar-refractivity contribution in [2.45, 2.75) is 33.7 Å². The number of anilines is 1. The van der Waals surface area contributed by atoms with Crippen LogP contribution >= 0.6 is 11.6 Å². The normalized spacial score (nSPS) is 11.8. The maximum atomic E-state index is 10.7. The second kappa shape index (κ2) is 10.5. The molecule has 0 saturated carbocycles. The van der Waals surface area contributed by atoms with Crippen molar-refractivity contribution in [2.75, 3.05) is 5.32 Å². The fourth-order valence-corrected chi connectivity index (χ4v) is 4.02. The van der Waals surface area contributed by atoms with Gasteiger partial charge in [0, 0.05) is 28.8 Å². The molecule has 1 N–H and O–H groups in total. The topological polar surface area (TPSA) is 67.5 Å². The lowest BCUT2D eigenvalue weighted by Gasteiger charge is -2.10. The molecular formula is C28H26ClN3O2. The molecule has 3 aromatic carbocycles. The molecule has 1 amide bonds. The van der Waals surface area contributed by atoms with Gasteiger partial charge in [-0.2, -0.15) is 0 Å². The minimum atomic E-state index is -0.0285. The van der Waals surface area contributed by atoms with E-state index in [1.54, 1.807) is 0 Å². The Morgan fingerprint density at radius 2 is 1.68 bits per heavy atom. The first-order valence-corrected chi connectivity index (χ1v) is 11.6. The predicted octanol–water partition coefficient (Wildman–Crippen LogP) is 6.86. The third-order valence-electron chi connectivity index (χ3n) is 5.57. The Hall–Kier alpha value is -3.70. The standard InChI is InChI=1S/C18H13ClN2O.C10H13NO/c1-11-17-14-4-2-3-5-15(14)18(20-10-16(17)22-21-11)12-6-8-13(19)9-7-12;1-3-9-4-6-10(7-5-9)11-8(2)12/h2-9H,10H2,1H3;4-7H,3H2,1-2H3,(H,11,12). The molecule has 34 heavy (non-hydrogen) atoms. The molecule has 172 valence electrons. The molecule has 0 atom stereocenters. The van der Waals surface area contributed by atoms with Crippen LogP contribution in [0.2, 0.25) is 5.02 Å². The molecule has 0 saturated heterocycles. The summed E-state index contributed by atoms with van der Waals surface area (Å²) in [6, 6.07) is 23.9. The molecule has 5 rings (SSSR count). The molecule has 6 heteroatoms. The van der Waals surface area contributed by atoms with Gasteiger partial charge in [0.25, 0.3) is 0 Å². The molecule has 4 aromatic rings. The average Bonchev–Trinajstić information content (AvgIpc) is 3.12. The number of benzene rings is 3. The molecule has 0 fully saturated rings. The predicted molar refractivity (Wildman–Crippen MR) is 138 cm³/mol. The van der Waals surface area contributed by atoms with Crippen molar-refractivity contribution in [3.05, 3.63) is 106 Å². The number of fused-ring (bicyclic) bond motifs is 3. The number of halogens is 1. The first-order chi connectivity index (χ1) is 16.5. The highest BCUT2D eigenvalue weighted by Crippen LogP contribution is 2.34. The van der Waals surface area contributed by atoms with Gasteiger partial charge in [-0.15, -0.1) is 0 Å². The number of rotatable bonds is 3. The molecule has 0 bridgehead atoms. The maximum absolute atomic E-state index is 10.7. The van der Waals surface area contributed by atoms with Crippen LogP contribution in [0.1, 0.15) is 42.0 Å². The first kappa shape index (κ1) is 23.5. The van der Waals surface area contributed by atoms with Crippen LogP contribution in [0.3, 0.4) is 0 Å². The van der Waals surface area contributed by atoms with Gasteiger partial charge in [-0.25, -0.2) is 0 Å². The third-order valence-corrected chi connectivity index (χ3v) is 5.82. The van der Waals surface area contributed by atoms with Gasteiger partial charge >= 0.3 is 0 Å². The monoisotopic (exact) mass is 471 g/mol. The van der Waals surface area contributed by atoms with E-state index in [1.807, 2.05) is 67.6 Å². The van der Waals surface area contributed by atoms with Crippen LogP contribution in [0.25, 0.3) is 11.1 Å². The zero-order valence-corrected chi connectivity index (χ0v) is 20.2. The van der Waals surface area contributed by atoms with E-state index < -0.39 is 0 Å². The largest absolute Gasteiger partial charge is 0.358 e. The summed E-state index contributed by atoms with van der Waals surface area (Å²) in [6.07, 6.45) is 1.03. The zero-order valence-electron chi connectivity index (χ0n) is 19.4. The van der Waals surface area contributed by atoms with Crippen molar-refractivity contribution in [1.82, 2.24) is 5.16 Å². The lowest BCUT2D eigenvalue weighted by Crippen LogP contribution is -2.05. The number of aryl methyl sites for hydroxylation is 2. The van der Waals surface area contributed by atoms with Gasteiger partial charge in [0.1, 0.15) is 6.54 Å². The minimum Gasteiger partial charge on any atom is -0.358 e. The molecule has 2 heterocycles. The van der Waals surface area contributed by atoms with Crippen LogP contribution in [0.4, 0.5) is 5.69 Å². The Morgan fingerprint density at radius 1 is 1.00 bits per heavy atom. The highest BCUT2D eigenvalue weighted by Gasteiger charge is 2.23. The highest BCUT2D eigenvalue weighted by molar-refractivity contribution is 6.30. The van der Waals surface area contributed by atoms with Crippen LogP contribution in [0.15, 0.2) is 82.3 Å². The molecule has 1 aliphatic rings. The van der Waals surface area contributed by atoms with Gasteiger partial charge in [0.05, 0.1) is 17.0 Å². The van der Waals surface area contributed by atoms with Crippen molar-refractivity contribution in [3.63, 3.8) is 0 Å². The summed E-state index contributed by atoms with van der Waals surface area (Å²) < 4.78 is 5.45. The molecule has 5 nitrogen and oxygen atoms in total. The third kappa shape index (κ3) is 5.26. The fourth-order valence-electron chi connectivity index (χ4n) is 3.89. The summed E-state index contributed by atoms with van der Waals surface area (Å²) in [5.41, 5.74) is 8.31. The summed E-state index contributed by atoms with van der Waals surface area (Å²) in [6.45, 7) is 6.07. The van der Waals surface area contributed by atoms with Gasteiger partial charge < -0.3 is 9.84 Å². The summed E-state index contributed by atoms with van der Waals surface area (Å²) >= 11 is 6.00. The molecule has 1 aliphatic heterocycles. The SMILES string of the molecule is CCc1ccc(NC(C)=O)cc1.Cc1noc2c1-c1ccccc1C(c1ccc(Cl)cc1)=NC2. The molecule has 0 aliphatic carbocycles. The van der Waals surface area contributed by atoms with Gasteiger partial charge in [-0.05, 0) is 48.7 Å². The Morgan fingerprint density at radius 3 is 2.32 bits per heavy atom. The number of nitrogens with zero attached hydrogens (tertiary/aromatic N) is 2. The number of hydrogen-bond donors (Lipinski definition) is 1. The van der Waals surface area contributed by atoms with Crippen LogP contribution in [-0.2, 0) is 17.8 Å². The lowest BCUT2D eigenvalue weighted by atomic mass is 9.93. The zero-order chi connectivity index (χ0) is 24.1. The second-order valence-electron chi connectivity index (χ2n) is 8.02. The fraction of sp³-hybridized carbons (Fsp3) is 0.179. The van der Waals surface area contributed by atoms with Crippen molar-refractivity contribution >= 4 is 28.9 Å². The van der Waals surface area contributed by atoms with Crippen LogP contribution in [-0.4, -0.2) is 16.8 Å². The number of nitrogens with one attached hydrogen (secondary N) is 1. The smallest absolute Gasteiger partial charge is 0.221 e. The number of aromatic nitrogens is 1. The molecule has 0 unspecified atom stereocenters. The summed E-state index contributed by atoms with van der Waals surface area (Å²) in [5, 5.41) is 7.52. The Bertz CT molecular complexity index is 1320. The van der Waals surface area contributed by atoms with Crippen LogP contribution < -0.4 is 5.32 Å². The number of carbonyl (C=O) groups is 1. The van der Waals surface area contributed by atoms with Crippen molar-refractivity contribution in [1.29, 1.82) is 0 Å². The van der Waals surface area contributed by atoms with E-state index >= 15 is 0 Å². The minimum absolute atomic E-state index is 0.0285. The van der Waals surface area contributed by atoms with Crippen molar-refractivity contribution < 1.29 is 9.32 Å². The molecule has 1 aromatic heterocycles. The quantitative estimate of drug-likeness (QED) is 0.354. The Kier molecular flexibility index (Phi) is 7.24. The van der Waals surface area contributed by atoms with E-state index in [1.165, 1.54) is 12.5 Å². The van der Waals surface area contributed by atoms with Crippen LogP contribution in [0, 0.1) is 6.92 Å². The summed E-state index contributed by atoms with van der Waals surface area (Å²) in [5.74, 6) is 0.785. The number of aliphatic imine (C=N–C) groups is 1.